The quantitative estimate of drug-likeness (QED) is 0.647. The van der Waals surface area contributed by atoms with E-state index in [1.54, 1.807) is 25.3 Å². The molecule has 0 unspecified atom stereocenters. The molecule has 26 heavy (non-hydrogen) atoms. The second-order valence-electron chi connectivity index (χ2n) is 5.66. The summed E-state index contributed by atoms with van der Waals surface area (Å²) in [4.78, 5) is 11.1. The van der Waals surface area contributed by atoms with Crippen LogP contribution in [0.1, 0.15) is 16.7 Å². The maximum atomic E-state index is 12.7. The van der Waals surface area contributed by atoms with Crippen molar-refractivity contribution in [3.05, 3.63) is 65.5 Å². The zero-order valence-corrected chi connectivity index (χ0v) is 13.6. The number of hydrogen-bond acceptors (Lipinski definition) is 3. The molecule has 0 aliphatic heterocycles. The highest BCUT2D eigenvalue weighted by Crippen LogP contribution is 2.36. The molecular weight excluding hydrogens is 351 g/mol. The van der Waals surface area contributed by atoms with Crippen LogP contribution >= 0.6 is 0 Å². The lowest BCUT2D eigenvalue weighted by Crippen LogP contribution is -2.10. The molecule has 136 valence electrons. The van der Waals surface area contributed by atoms with E-state index in [2.05, 4.69) is 0 Å². The molecule has 0 radical (unpaired) electrons. The third-order valence-electron chi connectivity index (χ3n) is 3.80. The fourth-order valence-electron chi connectivity index (χ4n) is 2.70. The molecule has 5 nitrogen and oxygen atoms in total. The largest absolute Gasteiger partial charge is 0.512 e. The minimum absolute atomic E-state index is 0.0462. The molecule has 3 aromatic rings. The Bertz CT molecular complexity index is 909. The maximum Gasteiger partial charge on any atom is 0.512 e. The zero-order valence-electron chi connectivity index (χ0n) is 13.6. The van der Waals surface area contributed by atoms with Crippen molar-refractivity contribution < 1.29 is 32.2 Å². The Hall–Kier alpha value is -3.16. The van der Waals surface area contributed by atoms with Gasteiger partial charge in [-0.15, -0.1) is 0 Å². The highest BCUT2D eigenvalue weighted by atomic mass is 19.4. The van der Waals surface area contributed by atoms with E-state index in [-0.39, 0.29) is 12.4 Å². The predicted octanol–water partition coefficient (Wildman–Crippen LogP) is 5.18. The van der Waals surface area contributed by atoms with Gasteiger partial charge in [-0.25, -0.2) is 4.79 Å². The van der Waals surface area contributed by atoms with Crippen LogP contribution in [0.5, 0.6) is 5.88 Å². The lowest BCUT2D eigenvalue weighted by molar-refractivity contribution is -0.137. The second kappa shape index (κ2) is 6.62. The summed E-state index contributed by atoms with van der Waals surface area (Å²) < 4.78 is 49.8. The van der Waals surface area contributed by atoms with Gasteiger partial charge in [-0.05, 0) is 42.3 Å². The normalized spacial score (nSPS) is 11.5. The molecule has 2 aromatic heterocycles. The Morgan fingerprint density at radius 2 is 1.92 bits per heavy atom. The molecule has 0 aliphatic carbocycles. The van der Waals surface area contributed by atoms with Crippen molar-refractivity contribution in [2.45, 2.75) is 19.6 Å². The van der Waals surface area contributed by atoms with Crippen molar-refractivity contribution in [1.82, 2.24) is 4.57 Å². The first kappa shape index (κ1) is 17.7. The molecule has 3 rings (SSSR count). The monoisotopic (exact) mass is 365 g/mol. The molecule has 0 atom stereocenters. The Balaban J connectivity index is 1.97. The van der Waals surface area contributed by atoms with E-state index in [1.165, 1.54) is 23.0 Å². The molecule has 0 spiro atoms. The Morgan fingerprint density at radius 3 is 2.46 bits per heavy atom. The molecule has 0 aliphatic rings. The van der Waals surface area contributed by atoms with E-state index in [1.807, 2.05) is 0 Å². The van der Waals surface area contributed by atoms with Crippen molar-refractivity contribution in [2.24, 2.45) is 0 Å². The van der Waals surface area contributed by atoms with Gasteiger partial charge in [-0.3, -0.25) is 0 Å². The van der Waals surface area contributed by atoms with Crippen LogP contribution in [0.3, 0.4) is 0 Å². The molecule has 0 bridgehead atoms. The summed E-state index contributed by atoms with van der Waals surface area (Å²) >= 11 is 0. The van der Waals surface area contributed by atoms with Crippen LogP contribution in [-0.4, -0.2) is 15.8 Å². The van der Waals surface area contributed by atoms with E-state index >= 15 is 0 Å². The Labute approximate surface area is 146 Å². The molecular formula is C18H14F3NO4. The molecule has 0 fully saturated rings. The van der Waals surface area contributed by atoms with Crippen molar-refractivity contribution in [2.75, 3.05) is 0 Å². The first-order chi connectivity index (χ1) is 12.3. The second-order valence-corrected chi connectivity index (χ2v) is 5.66. The lowest BCUT2D eigenvalue weighted by Gasteiger charge is -2.11. The number of hydrogen-bond donors (Lipinski definition) is 1. The molecule has 2 heterocycles. The van der Waals surface area contributed by atoms with Gasteiger partial charge in [0, 0.05) is 6.20 Å². The number of halogens is 3. The SMILES string of the molecule is Cc1cn(Cc2ccc(C(F)(F)F)cc2)c(OC(=O)O)c1-c1ccco1. The molecule has 1 N–H and O–H groups in total. The number of benzene rings is 1. The zero-order chi connectivity index (χ0) is 18.9. The molecule has 0 saturated heterocycles. The van der Waals surface area contributed by atoms with Crippen molar-refractivity contribution >= 4 is 6.16 Å². The summed E-state index contributed by atoms with van der Waals surface area (Å²) in [6, 6.07) is 7.98. The molecule has 0 saturated carbocycles. The van der Waals surface area contributed by atoms with E-state index in [9.17, 15) is 18.0 Å². The average Bonchev–Trinajstić information content (AvgIpc) is 3.15. The number of carboxylic acid groups (broad SMARTS) is 1. The van der Waals surface area contributed by atoms with Gasteiger partial charge in [-0.1, -0.05) is 12.1 Å². The summed E-state index contributed by atoms with van der Waals surface area (Å²) in [5.74, 6) is 0.481. The summed E-state index contributed by atoms with van der Waals surface area (Å²) in [6.45, 7) is 1.90. The van der Waals surface area contributed by atoms with Crippen molar-refractivity contribution in [1.29, 1.82) is 0 Å². The van der Waals surface area contributed by atoms with E-state index in [4.69, 9.17) is 14.3 Å². The number of carbonyl (C=O) groups is 1. The summed E-state index contributed by atoms with van der Waals surface area (Å²) in [7, 11) is 0. The third-order valence-corrected chi connectivity index (χ3v) is 3.80. The van der Waals surface area contributed by atoms with Gasteiger partial charge in [0.2, 0.25) is 5.88 Å². The van der Waals surface area contributed by atoms with Gasteiger partial charge >= 0.3 is 12.3 Å². The minimum Gasteiger partial charge on any atom is -0.464 e. The van der Waals surface area contributed by atoms with Crippen LogP contribution in [0.15, 0.2) is 53.3 Å². The van der Waals surface area contributed by atoms with Gasteiger partial charge in [0.05, 0.1) is 23.9 Å². The van der Waals surface area contributed by atoms with Gasteiger partial charge in [-0.2, -0.15) is 13.2 Å². The van der Waals surface area contributed by atoms with Gasteiger partial charge < -0.3 is 18.8 Å². The van der Waals surface area contributed by atoms with Gasteiger partial charge in [0.15, 0.2) is 0 Å². The molecule has 1 aromatic carbocycles. The van der Waals surface area contributed by atoms with Crippen LogP contribution in [0.2, 0.25) is 0 Å². The van der Waals surface area contributed by atoms with Crippen LogP contribution < -0.4 is 4.74 Å². The van der Waals surface area contributed by atoms with E-state index in [0.717, 1.165) is 12.1 Å². The number of aryl methyl sites for hydroxylation is 1. The highest BCUT2D eigenvalue weighted by molar-refractivity contribution is 5.73. The predicted molar refractivity (Wildman–Crippen MR) is 86.1 cm³/mol. The number of furan rings is 1. The number of nitrogens with zero attached hydrogens (tertiary/aromatic N) is 1. The first-order valence-corrected chi connectivity index (χ1v) is 7.56. The summed E-state index contributed by atoms with van der Waals surface area (Å²) in [6.07, 6.45) is -2.79. The molecule has 0 amide bonds. The van der Waals surface area contributed by atoms with Crippen molar-refractivity contribution in [3.8, 4) is 17.2 Å². The molecule has 8 heteroatoms. The minimum atomic E-state index is -4.41. The number of ether oxygens (including phenoxy) is 1. The van der Waals surface area contributed by atoms with Crippen molar-refractivity contribution in [3.63, 3.8) is 0 Å². The standard InChI is InChI=1S/C18H14F3NO4/c1-11-9-22(10-12-4-6-13(7-5-12)18(19,20)21)16(26-17(23)24)15(11)14-3-2-8-25-14/h2-9H,10H2,1H3,(H,23,24). The number of alkyl halides is 3. The van der Waals surface area contributed by atoms with Crippen LogP contribution in [0.25, 0.3) is 11.3 Å². The summed E-state index contributed by atoms with van der Waals surface area (Å²) in [5, 5.41) is 9.02. The average molecular weight is 365 g/mol. The van der Waals surface area contributed by atoms with E-state index in [0.29, 0.717) is 22.5 Å². The smallest absolute Gasteiger partial charge is 0.464 e. The van der Waals surface area contributed by atoms with Crippen LogP contribution in [0.4, 0.5) is 18.0 Å². The fourth-order valence-corrected chi connectivity index (χ4v) is 2.70. The third kappa shape index (κ3) is 3.58. The number of aromatic nitrogens is 1. The van der Waals surface area contributed by atoms with Gasteiger partial charge in [0.1, 0.15) is 5.76 Å². The summed E-state index contributed by atoms with van der Waals surface area (Å²) in [5.41, 5.74) is 1.00. The maximum absolute atomic E-state index is 12.7. The lowest BCUT2D eigenvalue weighted by atomic mass is 10.1. The highest BCUT2D eigenvalue weighted by Gasteiger charge is 2.30. The Morgan fingerprint density at radius 1 is 1.23 bits per heavy atom. The topological polar surface area (TPSA) is 64.6 Å². The van der Waals surface area contributed by atoms with Crippen LogP contribution in [0, 0.1) is 6.92 Å². The Kier molecular flexibility index (Phi) is 4.50. The van der Waals surface area contributed by atoms with E-state index < -0.39 is 17.9 Å². The van der Waals surface area contributed by atoms with Crippen LogP contribution in [-0.2, 0) is 12.7 Å². The number of rotatable bonds is 4. The fraction of sp³-hybridized carbons (Fsp3) is 0.167. The first-order valence-electron chi connectivity index (χ1n) is 7.56. The van der Waals surface area contributed by atoms with Gasteiger partial charge in [0.25, 0.3) is 0 Å².